The fourth-order valence-corrected chi connectivity index (χ4v) is 4.53. The van der Waals surface area contributed by atoms with E-state index < -0.39 is 24.0 Å². The monoisotopic (exact) mass is 631 g/mol. The van der Waals surface area contributed by atoms with Gasteiger partial charge in [0.25, 0.3) is 0 Å². The zero-order valence-corrected chi connectivity index (χ0v) is 26.3. The lowest BCUT2D eigenvalue weighted by molar-refractivity contribution is -0.145. The molecule has 0 aromatic heterocycles. The van der Waals surface area contributed by atoms with Crippen molar-refractivity contribution < 1.29 is 38.1 Å². The summed E-state index contributed by atoms with van der Waals surface area (Å²) in [6.45, 7) is 0.679. The molecule has 11 heteroatoms. The minimum atomic E-state index is -1.05. The van der Waals surface area contributed by atoms with Gasteiger partial charge in [0.1, 0.15) is 29.9 Å². The van der Waals surface area contributed by atoms with Gasteiger partial charge in [-0.05, 0) is 54.3 Å². The Balaban J connectivity index is 1.65. The third-order valence-corrected chi connectivity index (χ3v) is 7.14. The summed E-state index contributed by atoms with van der Waals surface area (Å²) in [5, 5.41) is 2.65. The zero-order valence-electron chi connectivity index (χ0n) is 26.3. The first-order valence-corrected chi connectivity index (χ1v) is 14.8. The number of ether oxygens (including phenoxy) is 4. The van der Waals surface area contributed by atoms with Crippen molar-refractivity contribution in [2.24, 2.45) is 5.73 Å². The van der Waals surface area contributed by atoms with E-state index in [1.54, 1.807) is 42.4 Å². The molecule has 46 heavy (non-hydrogen) atoms. The number of rotatable bonds is 18. The van der Waals surface area contributed by atoms with E-state index in [1.807, 2.05) is 54.6 Å². The van der Waals surface area contributed by atoms with Crippen molar-refractivity contribution in [2.75, 3.05) is 34.5 Å². The second-order valence-electron chi connectivity index (χ2n) is 10.3. The number of nitrogens with zero attached hydrogens (tertiary/aromatic N) is 1. The molecule has 0 saturated carbocycles. The maximum Gasteiger partial charge on any atom is 0.328 e. The second-order valence-corrected chi connectivity index (χ2v) is 10.3. The van der Waals surface area contributed by atoms with Crippen molar-refractivity contribution in [2.45, 2.75) is 37.9 Å². The standard InChI is InChI=1S/C35H41N3O8/c1-43-28-14-11-26(12-15-28)23-38(19-7-8-20-46-32-22-29(44-2)16-13-27(32)24-39)33(40)18-17-31(35(42)45-3)37-34(41)30(36)21-25-9-5-4-6-10-25/h4-16,22,24,30-31H,17-21,23,36H2,1-3H3,(H,37,41)/b8-7+/t30-,31+/m1/s1. The first-order valence-electron chi connectivity index (χ1n) is 14.8. The molecule has 0 bridgehead atoms. The lowest BCUT2D eigenvalue weighted by Crippen LogP contribution is -2.49. The number of hydrogen-bond acceptors (Lipinski definition) is 9. The molecule has 0 unspecified atom stereocenters. The highest BCUT2D eigenvalue weighted by Gasteiger charge is 2.26. The number of nitrogens with two attached hydrogens (primary N) is 1. The van der Waals surface area contributed by atoms with E-state index in [0.717, 1.165) is 11.1 Å². The zero-order chi connectivity index (χ0) is 33.3. The summed E-state index contributed by atoms with van der Waals surface area (Å²) in [5.74, 6) is 0.199. The first-order chi connectivity index (χ1) is 22.3. The van der Waals surface area contributed by atoms with Crippen molar-refractivity contribution >= 4 is 24.1 Å². The van der Waals surface area contributed by atoms with Crippen LogP contribution in [0.3, 0.4) is 0 Å². The summed E-state index contributed by atoms with van der Waals surface area (Å²) in [7, 11) is 4.32. The summed E-state index contributed by atoms with van der Waals surface area (Å²) in [5.41, 5.74) is 8.25. The van der Waals surface area contributed by atoms with Crippen LogP contribution in [-0.2, 0) is 32.1 Å². The van der Waals surface area contributed by atoms with Crippen LogP contribution in [0.2, 0.25) is 0 Å². The normalized spacial score (nSPS) is 12.1. The third kappa shape index (κ3) is 11.1. The van der Waals surface area contributed by atoms with Gasteiger partial charge in [0.2, 0.25) is 11.8 Å². The average molecular weight is 632 g/mol. The minimum Gasteiger partial charge on any atom is -0.497 e. The SMILES string of the molecule is COC(=O)[C@H](CCC(=O)N(C/C=C/COc1cc(OC)ccc1C=O)Cc1ccc(OC)cc1)NC(=O)[C@H](N)Cc1ccccc1. The topological polar surface area (TPSA) is 146 Å². The molecule has 2 atom stereocenters. The van der Waals surface area contributed by atoms with Gasteiger partial charge in [0.15, 0.2) is 6.29 Å². The van der Waals surface area contributed by atoms with E-state index in [2.05, 4.69) is 5.32 Å². The second kappa shape index (κ2) is 18.6. The molecule has 0 aliphatic carbocycles. The maximum atomic E-state index is 13.5. The first kappa shape index (κ1) is 35.3. The summed E-state index contributed by atoms with van der Waals surface area (Å²) in [6, 6.07) is 19.6. The molecule has 0 heterocycles. The molecule has 0 spiro atoms. The predicted octanol–water partition coefficient (Wildman–Crippen LogP) is 3.49. The van der Waals surface area contributed by atoms with Crippen molar-refractivity contribution in [3.63, 3.8) is 0 Å². The summed E-state index contributed by atoms with van der Waals surface area (Å²) in [6.07, 6.45) is 4.50. The Labute approximate surface area is 269 Å². The highest BCUT2D eigenvalue weighted by Crippen LogP contribution is 2.23. The summed E-state index contributed by atoms with van der Waals surface area (Å²) in [4.78, 5) is 51.9. The fraction of sp³-hybridized carbons (Fsp3) is 0.314. The number of carbonyl (C=O) groups excluding carboxylic acids is 4. The van der Waals surface area contributed by atoms with Gasteiger partial charge in [-0.15, -0.1) is 0 Å². The van der Waals surface area contributed by atoms with Gasteiger partial charge in [-0.3, -0.25) is 14.4 Å². The summed E-state index contributed by atoms with van der Waals surface area (Å²) < 4.78 is 21.1. The average Bonchev–Trinajstić information content (AvgIpc) is 3.09. The van der Waals surface area contributed by atoms with Gasteiger partial charge < -0.3 is 34.9 Å². The number of benzene rings is 3. The Morgan fingerprint density at radius 3 is 2.24 bits per heavy atom. The number of amides is 2. The largest absolute Gasteiger partial charge is 0.497 e. The summed E-state index contributed by atoms with van der Waals surface area (Å²) >= 11 is 0. The number of methoxy groups -OCH3 is 3. The van der Waals surface area contributed by atoms with Crippen LogP contribution >= 0.6 is 0 Å². The molecular formula is C35H41N3O8. The van der Waals surface area contributed by atoms with E-state index in [9.17, 15) is 19.2 Å². The molecule has 0 radical (unpaired) electrons. The molecule has 3 N–H and O–H groups in total. The molecule has 0 saturated heterocycles. The van der Waals surface area contributed by atoms with Crippen LogP contribution in [0.25, 0.3) is 0 Å². The van der Waals surface area contributed by atoms with Crippen molar-refractivity contribution in [1.29, 1.82) is 0 Å². The number of hydrogen-bond donors (Lipinski definition) is 2. The highest BCUT2D eigenvalue weighted by atomic mass is 16.5. The maximum absolute atomic E-state index is 13.5. The molecule has 3 rings (SSSR count). The molecule has 0 aliphatic rings. The number of esters is 1. The fourth-order valence-electron chi connectivity index (χ4n) is 4.53. The van der Waals surface area contributed by atoms with Crippen LogP contribution in [0.1, 0.15) is 34.3 Å². The molecule has 244 valence electrons. The predicted molar refractivity (Wildman–Crippen MR) is 173 cm³/mol. The van der Waals surface area contributed by atoms with Crippen LogP contribution in [-0.4, -0.2) is 75.5 Å². The lowest BCUT2D eigenvalue weighted by Gasteiger charge is -2.24. The molecule has 11 nitrogen and oxygen atoms in total. The van der Waals surface area contributed by atoms with E-state index in [-0.39, 0.29) is 38.4 Å². The Bertz CT molecular complexity index is 1460. The Morgan fingerprint density at radius 1 is 0.891 bits per heavy atom. The van der Waals surface area contributed by atoms with Gasteiger partial charge in [0, 0.05) is 25.6 Å². The Hall–Kier alpha value is -5.16. The van der Waals surface area contributed by atoms with Crippen molar-refractivity contribution in [1.82, 2.24) is 10.2 Å². The van der Waals surface area contributed by atoms with E-state index >= 15 is 0 Å². The minimum absolute atomic E-state index is 0.0194. The van der Waals surface area contributed by atoms with E-state index in [0.29, 0.717) is 35.5 Å². The van der Waals surface area contributed by atoms with E-state index in [4.69, 9.17) is 24.7 Å². The van der Waals surface area contributed by atoms with Gasteiger partial charge in [-0.1, -0.05) is 48.5 Å². The molecule has 3 aromatic carbocycles. The van der Waals surface area contributed by atoms with Gasteiger partial charge >= 0.3 is 5.97 Å². The van der Waals surface area contributed by atoms with Gasteiger partial charge in [-0.25, -0.2) is 4.79 Å². The Kier molecular flexibility index (Phi) is 14.3. The van der Waals surface area contributed by atoms with Crippen LogP contribution in [0, 0.1) is 0 Å². The Morgan fingerprint density at radius 2 is 1.59 bits per heavy atom. The lowest BCUT2D eigenvalue weighted by atomic mass is 10.0. The molecule has 0 aliphatic heterocycles. The number of carbonyl (C=O) groups is 4. The van der Waals surface area contributed by atoms with Gasteiger partial charge in [0.05, 0.1) is 32.9 Å². The van der Waals surface area contributed by atoms with Crippen LogP contribution in [0.15, 0.2) is 84.9 Å². The highest BCUT2D eigenvalue weighted by molar-refractivity contribution is 5.88. The number of nitrogens with one attached hydrogen (secondary N) is 1. The molecule has 0 fully saturated rings. The van der Waals surface area contributed by atoms with E-state index in [1.165, 1.54) is 14.2 Å². The van der Waals surface area contributed by atoms with Crippen molar-refractivity contribution in [3.05, 3.63) is 102 Å². The molecule has 2 amide bonds. The number of aldehydes is 1. The van der Waals surface area contributed by atoms with Crippen molar-refractivity contribution in [3.8, 4) is 17.2 Å². The van der Waals surface area contributed by atoms with Gasteiger partial charge in [-0.2, -0.15) is 0 Å². The molecular weight excluding hydrogens is 590 g/mol. The van der Waals surface area contributed by atoms with Crippen LogP contribution in [0.4, 0.5) is 0 Å². The third-order valence-electron chi connectivity index (χ3n) is 7.14. The van der Waals surface area contributed by atoms with Crippen LogP contribution < -0.4 is 25.3 Å². The van der Waals surface area contributed by atoms with Crippen LogP contribution in [0.5, 0.6) is 17.2 Å². The molecule has 3 aromatic rings. The quantitative estimate of drug-likeness (QED) is 0.122. The smallest absolute Gasteiger partial charge is 0.328 e.